The van der Waals surface area contributed by atoms with Crippen LogP contribution in [0, 0.1) is 0 Å². The minimum atomic E-state index is -3.62. The molecular formula is C26H30O4S. The number of ether oxygens (including phenoxy) is 2. The van der Waals surface area contributed by atoms with E-state index in [4.69, 9.17) is 9.47 Å². The molecule has 3 aromatic rings. The SMILES string of the molecule is CC(C)(C)Oc1ccc(S(=O)(=O)c2ccc(Oc3ccc(C(C)(C)C)cc3)cc2)cc1. The zero-order valence-electron chi connectivity index (χ0n) is 19.0. The Morgan fingerprint density at radius 3 is 1.35 bits per heavy atom. The highest BCUT2D eigenvalue weighted by Gasteiger charge is 2.19. The van der Waals surface area contributed by atoms with Crippen molar-refractivity contribution in [3.05, 3.63) is 78.4 Å². The lowest BCUT2D eigenvalue weighted by Gasteiger charge is -2.21. The molecule has 0 fully saturated rings. The fourth-order valence-electron chi connectivity index (χ4n) is 3.02. The molecule has 3 rings (SSSR count). The highest BCUT2D eigenvalue weighted by Crippen LogP contribution is 2.29. The van der Waals surface area contributed by atoms with E-state index in [1.807, 2.05) is 45.0 Å². The van der Waals surface area contributed by atoms with E-state index in [1.165, 1.54) is 5.56 Å². The van der Waals surface area contributed by atoms with Crippen LogP contribution in [0.2, 0.25) is 0 Å². The van der Waals surface area contributed by atoms with Crippen molar-refractivity contribution in [3.63, 3.8) is 0 Å². The highest BCUT2D eigenvalue weighted by atomic mass is 32.2. The summed E-state index contributed by atoms with van der Waals surface area (Å²) in [4.78, 5) is 0.438. The van der Waals surface area contributed by atoms with Crippen molar-refractivity contribution in [2.24, 2.45) is 0 Å². The fourth-order valence-corrected chi connectivity index (χ4v) is 4.28. The monoisotopic (exact) mass is 438 g/mol. The molecule has 0 saturated heterocycles. The molecule has 0 unspecified atom stereocenters. The average molecular weight is 439 g/mol. The van der Waals surface area contributed by atoms with Crippen LogP contribution in [0.4, 0.5) is 0 Å². The Balaban J connectivity index is 1.74. The third kappa shape index (κ3) is 5.88. The van der Waals surface area contributed by atoms with Gasteiger partial charge in [0, 0.05) is 0 Å². The van der Waals surface area contributed by atoms with Gasteiger partial charge in [-0.15, -0.1) is 0 Å². The molecule has 31 heavy (non-hydrogen) atoms. The summed E-state index contributed by atoms with van der Waals surface area (Å²) < 4.78 is 37.5. The van der Waals surface area contributed by atoms with Crippen LogP contribution in [0.5, 0.6) is 17.2 Å². The first kappa shape index (κ1) is 22.9. The van der Waals surface area contributed by atoms with Crippen LogP contribution in [-0.2, 0) is 15.3 Å². The van der Waals surface area contributed by atoms with Crippen LogP contribution < -0.4 is 9.47 Å². The van der Waals surface area contributed by atoms with Crippen LogP contribution in [0.25, 0.3) is 0 Å². The summed E-state index contributed by atoms with van der Waals surface area (Å²) in [6, 6.07) is 20.9. The molecule has 0 N–H and O–H groups in total. The van der Waals surface area contributed by atoms with Gasteiger partial charge in [-0.05, 0) is 92.4 Å². The smallest absolute Gasteiger partial charge is 0.206 e. The third-order valence-corrected chi connectivity index (χ3v) is 6.43. The summed E-state index contributed by atoms with van der Waals surface area (Å²) >= 11 is 0. The summed E-state index contributed by atoms with van der Waals surface area (Å²) in [5.41, 5.74) is 0.953. The standard InChI is InChI=1S/C26H30O4S/c1-25(2,3)19-7-9-20(10-8-19)29-21-11-15-23(16-12-21)31(27,28)24-17-13-22(14-18-24)30-26(4,5)6/h7-18H,1-6H3. The van der Waals surface area contributed by atoms with Crippen molar-refractivity contribution < 1.29 is 17.9 Å². The van der Waals surface area contributed by atoms with Gasteiger partial charge in [-0.3, -0.25) is 0 Å². The number of hydrogen-bond acceptors (Lipinski definition) is 4. The van der Waals surface area contributed by atoms with E-state index in [1.54, 1.807) is 48.5 Å². The van der Waals surface area contributed by atoms with E-state index >= 15 is 0 Å². The molecule has 0 bridgehead atoms. The zero-order chi connectivity index (χ0) is 22.9. The van der Waals surface area contributed by atoms with E-state index in [9.17, 15) is 8.42 Å². The lowest BCUT2D eigenvalue weighted by molar-refractivity contribution is 0.131. The van der Waals surface area contributed by atoms with Crippen molar-refractivity contribution in [2.45, 2.75) is 62.3 Å². The molecule has 0 atom stereocenters. The second kappa shape index (κ2) is 8.39. The van der Waals surface area contributed by atoms with Gasteiger partial charge < -0.3 is 9.47 Å². The van der Waals surface area contributed by atoms with E-state index in [0.717, 1.165) is 0 Å². The molecule has 0 aliphatic carbocycles. The first-order chi connectivity index (χ1) is 14.3. The number of hydrogen-bond donors (Lipinski definition) is 0. The Kier molecular flexibility index (Phi) is 6.19. The van der Waals surface area contributed by atoms with Gasteiger partial charge in [0.05, 0.1) is 9.79 Å². The van der Waals surface area contributed by atoms with Crippen molar-refractivity contribution in [1.82, 2.24) is 0 Å². The van der Waals surface area contributed by atoms with Crippen LogP contribution in [0.3, 0.4) is 0 Å². The molecular weight excluding hydrogens is 408 g/mol. The fraction of sp³-hybridized carbons (Fsp3) is 0.308. The summed E-state index contributed by atoms with van der Waals surface area (Å²) in [6.07, 6.45) is 0. The van der Waals surface area contributed by atoms with Gasteiger partial charge in [0.1, 0.15) is 22.8 Å². The average Bonchev–Trinajstić information content (AvgIpc) is 2.67. The number of benzene rings is 3. The molecule has 0 aromatic heterocycles. The van der Waals surface area contributed by atoms with Gasteiger partial charge in [-0.2, -0.15) is 0 Å². The predicted octanol–water partition coefficient (Wildman–Crippen LogP) is 6.79. The predicted molar refractivity (Wildman–Crippen MR) is 124 cm³/mol. The first-order valence-electron chi connectivity index (χ1n) is 10.3. The summed E-state index contributed by atoms with van der Waals surface area (Å²) in [5, 5.41) is 0. The molecule has 0 amide bonds. The van der Waals surface area contributed by atoms with Crippen LogP contribution >= 0.6 is 0 Å². The van der Waals surface area contributed by atoms with Gasteiger partial charge in [-0.1, -0.05) is 32.9 Å². The van der Waals surface area contributed by atoms with E-state index in [2.05, 4.69) is 20.8 Å². The minimum Gasteiger partial charge on any atom is -0.488 e. The molecule has 0 aliphatic heterocycles. The van der Waals surface area contributed by atoms with E-state index in [-0.39, 0.29) is 20.8 Å². The second-order valence-corrected chi connectivity index (χ2v) is 11.5. The maximum Gasteiger partial charge on any atom is 0.206 e. The number of rotatable bonds is 5. The number of sulfone groups is 1. The van der Waals surface area contributed by atoms with Crippen molar-refractivity contribution in [1.29, 1.82) is 0 Å². The first-order valence-corrected chi connectivity index (χ1v) is 11.8. The maximum absolute atomic E-state index is 12.9. The highest BCUT2D eigenvalue weighted by molar-refractivity contribution is 7.91. The van der Waals surface area contributed by atoms with Crippen molar-refractivity contribution in [3.8, 4) is 17.2 Å². The Morgan fingerprint density at radius 1 is 0.581 bits per heavy atom. The van der Waals surface area contributed by atoms with Crippen LogP contribution in [0.1, 0.15) is 47.1 Å². The van der Waals surface area contributed by atoms with Gasteiger partial charge in [0.15, 0.2) is 0 Å². The molecule has 5 heteroatoms. The van der Waals surface area contributed by atoms with Crippen LogP contribution in [-0.4, -0.2) is 14.0 Å². The van der Waals surface area contributed by atoms with Crippen LogP contribution in [0.15, 0.2) is 82.6 Å². The van der Waals surface area contributed by atoms with Gasteiger partial charge >= 0.3 is 0 Å². The van der Waals surface area contributed by atoms with Crippen molar-refractivity contribution >= 4 is 9.84 Å². The lowest BCUT2D eigenvalue weighted by atomic mass is 9.87. The second-order valence-electron chi connectivity index (χ2n) is 9.54. The topological polar surface area (TPSA) is 52.6 Å². The molecule has 164 valence electrons. The Hall–Kier alpha value is -2.79. The molecule has 3 aromatic carbocycles. The van der Waals surface area contributed by atoms with E-state index in [0.29, 0.717) is 17.2 Å². The minimum absolute atomic E-state index is 0.0750. The van der Waals surface area contributed by atoms with Gasteiger partial charge in [0.2, 0.25) is 9.84 Å². The molecule has 0 radical (unpaired) electrons. The lowest BCUT2D eigenvalue weighted by Crippen LogP contribution is -2.22. The molecule has 0 heterocycles. The normalized spacial score (nSPS) is 12.5. The Morgan fingerprint density at radius 2 is 0.968 bits per heavy atom. The van der Waals surface area contributed by atoms with Gasteiger partial charge in [-0.25, -0.2) is 8.42 Å². The molecule has 0 saturated carbocycles. The largest absolute Gasteiger partial charge is 0.488 e. The summed E-state index contributed by atoms with van der Waals surface area (Å²) in [6.45, 7) is 12.3. The van der Waals surface area contributed by atoms with Gasteiger partial charge in [0.25, 0.3) is 0 Å². The summed E-state index contributed by atoms with van der Waals surface area (Å²) in [5.74, 6) is 1.92. The van der Waals surface area contributed by atoms with Crippen molar-refractivity contribution in [2.75, 3.05) is 0 Å². The molecule has 0 aliphatic rings. The third-order valence-electron chi connectivity index (χ3n) is 4.65. The quantitative estimate of drug-likeness (QED) is 0.440. The summed E-state index contributed by atoms with van der Waals surface area (Å²) in [7, 11) is -3.62. The maximum atomic E-state index is 12.9. The Bertz CT molecular complexity index is 1110. The Labute approximate surface area is 185 Å². The molecule has 0 spiro atoms. The zero-order valence-corrected chi connectivity index (χ0v) is 19.8. The van der Waals surface area contributed by atoms with E-state index < -0.39 is 9.84 Å². The molecule has 4 nitrogen and oxygen atoms in total.